The van der Waals surface area contributed by atoms with Crippen LogP contribution in [0.1, 0.15) is 29.8 Å². The van der Waals surface area contributed by atoms with Gasteiger partial charge in [-0.3, -0.25) is 5.10 Å². The molecule has 3 aromatic rings. The average molecular weight is 412 g/mol. The number of aromatic nitrogens is 3. The molecule has 0 saturated carbocycles. The molecule has 2 aromatic carbocycles. The van der Waals surface area contributed by atoms with Gasteiger partial charge in [0.1, 0.15) is 5.69 Å². The van der Waals surface area contributed by atoms with Gasteiger partial charge in [-0.05, 0) is 36.1 Å². The molecule has 1 aliphatic rings. The fourth-order valence-electron chi connectivity index (χ4n) is 3.47. The van der Waals surface area contributed by atoms with Crippen LogP contribution in [-0.2, 0) is 10.0 Å². The summed E-state index contributed by atoms with van der Waals surface area (Å²) in [6, 6.07) is 14.0. The first-order valence-electron chi connectivity index (χ1n) is 9.32. The SMILES string of the molecule is O=C(O)c1[nH]nnc1-c1ccc(-c2ccc(S(=O)(=O)N3CCCCC3)cc2)cc1. The number of H-pyrrole nitrogens is 1. The Bertz CT molecular complexity index is 1120. The molecule has 0 aliphatic carbocycles. The highest BCUT2D eigenvalue weighted by Gasteiger charge is 2.25. The maximum absolute atomic E-state index is 12.8. The van der Waals surface area contributed by atoms with Gasteiger partial charge in [0.2, 0.25) is 10.0 Å². The van der Waals surface area contributed by atoms with Crippen molar-refractivity contribution in [2.75, 3.05) is 13.1 Å². The van der Waals surface area contributed by atoms with Crippen LogP contribution in [0.5, 0.6) is 0 Å². The van der Waals surface area contributed by atoms with E-state index in [1.807, 2.05) is 12.1 Å². The van der Waals surface area contributed by atoms with Crippen molar-refractivity contribution in [1.29, 1.82) is 0 Å². The van der Waals surface area contributed by atoms with E-state index in [9.17, 15) is 18.3 Å². The molecule has 1 fully saturated rings. The molecule has 0 bridgehead atoms. The lowest BCUT2D eigenvalue weighted by atomic mass is 10.0. The van der Waals surface area contributed by atoms with E-state index in [2.05, 4.69) is 15.4 Å². The summed E-state index contributed by atoms with van der Waals surface area (Å²) in [4.78, 5) is 11.5. The third-order valence-corrected chi connectivity index (χ3v) is 6.97. The standard InChI is InChI=1S/C20H20N4O4S/c25-20(26)19-18(21-23-22-19)16-6-4-14(5-7-16)15-8-10-17(11-9-15)29(27,28)24-12-2-1-3-13-24/h4-11H,1-3,12-13H2,(H,25,26)(H,21,22,23). The fraction of sp³-hybridized carbons (Fsp3) is 0.250. The molecule has 1 aromatic heterocycles. The number of benzene rings is 2. The van der Waals surface area contributed by atoms with Gasteiger partial charge in [-0.1, -0.05) is 48.0 Å². The van der Waals surface area contributed by atoms with Crippen LogP contribution >= 0.6 is 0 Å². The highest BCUT2D eigenvalue weighted by Crippen LogP contribution is 2.27. The molecular weight excluding hydrogens is 392 g/mol. The zero-order chi connectivity index (χ0) is 20.4. The van der Waals surface area contributed by atoms with Crippen LogP contribution in [0, 0.1) is 0 Å². The third-order valence-electron chi connectivity index (χ3n) is 5.06. The van der Waals surface area contributed by atoms with Crippen molar-refractivity contribution >= 4 is 16.0 Å². The summed E-state index contributed by atoms with van der Waals surface area (Å²) >= 11 is 0. The van der Waals surface area contributed by atoms with Gasteiger partial charge in [0, 0.05) is 18.7 Å². The van der Waals surface area contributed by atoms with Crippen LogP contribution in [0.4, 0.5) is 0 Å². The van der Waals surface area contributed by atoms with Gasteiger partial charge in [-0.2, -0.15) is 4.31 Å². The molecule has 0 spiro atoms. The van der Waals surface area contributed by atoms with E-state index in [-0.39, 0.29) is 11.4 Å². The van der Waals surface area contributed by atoms with E-state index in [1.54, 1.807) is 40.7 Å². The van der Waals surface area contributed by atoms with Crippen LogP contribution in [0.3, 0.4) is 0 Å². The number of carboxylic acid groups (broad SMARTS) is 1. The third kappa shape index (κ3) is 3.79. The summed E-state index contributed by atoms with van der Waals surface area (Å²) in [5.74, 6) is -1.13. The quantitative estimate of drug-likeness (QED) is 0.665. The summed E-state index contributed by atoms with van der Waals surface area (Å²) in [6.07, 6.45) is 2.88. The fourth-order valence-corrected chi connectivity index (χ4v) is 4.99. The molecule has 4 rings (SSSR count). The lowest BCUT2D eigenvalue weighted by Gasteiger charge is -2.25. The summed E-state index contributed by atoms with van der Waals surface area (Å²) in [5, 5.41) is 18.9. The first-order valence-corrected chi connectivity index (χ1v) is 10.8. The first-order chi connectivity index (χ1) is 14.0. The number of nitrogens with zero attached hydrogens (tertiary/aromatic N) is 3. The average Bonchev–Trinajstić information content (AvgIpc) is 3.25. The smallest absolute Gasteiger partial charge is 0.356 e. The Balaban J connectivity index is 1.56. The number of nitrogens with one attached hydrogen (secondary N) is 1. The molecule has 9 heteroatoms. The van der Waals surface area contributed by atoms with Crippen molar-refractivity contribution in [3.63, 3.8) is 0 Å². The van der Waals surface area contributed by atoms with Crippen molar-refractivity contribution in [1.82, 2.24) is 19.7 Å². The second kappa shape index (κ2) is 7.76. The zero-order valence-electron chi connectivity index (χ0n) is 15.6. The van der Waals surface area contributed by atoms with Crippen LogP contribution in [0.25, 0.3) is 22.4 Å². The largest absolute Gasteiger partial charge is 0.476 e. The Kier molecular flexibility index (Phi) is 5.16. The van der Waals surface area contributed by atoms with Crippen molar-refractivity contribution in [2.24, 2.45) is 0 Å². The predicted molar refractivity (Wildman–Crippen MR) is 107 cm³/mol. The Morgan fingerprint density at radius 1 is 0.897 bits per heavy atom. The number of aromatic carboxylic acids is 1. The number of sulfonamides is 1. The Labute approximate surface area is 168 Å². The molecule has 0 radical (unpaired) electrons. The van der Waals surface area contributed by atoms with E-state index >= 15 is 0 Å². The second-order valence-corrected chi connectivity index (χ2v) is 8.84. The van der Waals surface area contributed by atoms with Crippen LogP contribution in [-0.4, -0.2) is 52.3 Å². The van der Waals surface area contributed by atoms with Crippen LogP contribution < -0.4 is 0 Å². The minimum Gasteiger partial charge on any atom is -0.476 e. The number of hydrogen-bond donors (Lipinski definition) is 2. The lowest BCUT2D eigenvalue weighted by Crippen LogP contribution is -2.35. The van der Waals surface area contributed by atoms with Gasteiger partial charge in [0.05, 0.1) is 4.90 Å². The molecule has 150 valence electrons. The van der Waals surface area contributed by atoms with Gasteiger partial charge < -0.3 is 5.11 Å². The minimum absolute atomic E-state index is 0.0648. The molecule has 1 saturated heterocycles. The van der Waals surface area contributed by atoms with Gasteiger partial charge in [-0.15, -0.1) is 5.10 Å². The summed E-state index contributed by atoms with van der Waals surface area (Å²) in [7, 11) is -3.45. The number of piperidine rings is 1. The van der Waals surface area contributed by atoms with Gasteiger partial charge in [0.25, 0.3) is 0 Å². The molecule has 8 nitrogen and oxygen atoms in total. The predicted octanol–water partition coefficient (Wildman–Crippen LogP) is 3.01. The number of aromatic amines is 1. The highest BCUT2D eigenvalue weighted by atomic mass is 32.2. The van der Waals surface area contributed by atoms with E-state index in [0.717, 1.165) is 30.4 Å². The Hall–Kier alpha value is -3.04. The molecule has 0 amide bonds. The van der Waals surface area contributed by atoms with Crippen LogP contribution in [0.15, 0.2) is 53.4 Å². The second-order valence-electron chi connectivity index (χ2n) is 6.91. The number of carbonyl (C=O) groups is 1. The molecule has 2 N–H and O–H groups in total. The molecule has 1 aliphatic heterocycles. The monoisotopic (exact) mass is 412 g/mol. The van der Waals surface area contributed by atoms with Gasteiger partial charge in [0.15, 0.2) is 5.69 Å². The van der Waals surface area contributed by atoms with E-state index in [4.69, 9.17) is 0 Å². The van der Waals surface area contributed by atoms with E-state index < -0.39 is 16.0 Å². The number of carboxylic acids is 1. The molecule has 29 heavy (non-hydrogen) atoms. The van der Waals surface area contributed by atoms with Gasteiger partial charge in [-0.25, -0.2) is 13.2 Å². The van der Waals surface area contributed by atoms with Gasteiger partial charge >= 0.3 is 5.97 Å². The molecular formula is C20H20N4O4S. The molecule has 0 atom stereocenters. The Morgan fingerprint density at radius 2 is 1.45 bits per heavy atom. The maximum Gasteiger partial charge on any atom is 0.356 e. The summed E-state index contributed by atoms with van der Waals surface area (Å²) in [5.41, 5.74) is 2.59. The first kappa shape index (κ1) is 19.3. The summed E-state index contributed by atoms with van der Waals surface area (Å²) < 4.78 is 27.1. The highest BCUT2D eigenvalue weighted by molar-refractivity contribution is 7.89. The van der Waals surface area contributed by atoms with Crippen molar-refractivity contribution < 1.29 is 18.3 Å². The van der Waals surface area contributed by atoms with E-state index in [0.29, 0.717) is 23.5 Å². The van der Waals surface area contributed by atoms with Crippen molar-refractivity contribution in [2.45, 2.75) is 24.2 Å². The van der Waals surface area contributed by atoms with Crippen LogP contribution in [0.2, 0.25) is 0 Å². The number of rotatable bonds is 5. The lowest BCUT2D eigenvalue weighted by molar-refractivity contribution is 0.0691. The molecule has 0 unspecified atom stereocenters. The maximum atomic E-state index is 12.8. The summed E-state index contributed by atoms with van der Waals surface area (Å²) in [6.45, 7) is 1.15. The normalized spacial score (nSPS) is 15.3. The topological polar surface area (TPSA) is 116 Å². The Morgan fingerprint density at radius 3 is 2.03 bits per heavy atom. The van der Waals surface area contributed by atoms with E-state index in [1.165, 1.54) is 0 Å². The van der Waals surface area contributed by atoms with Crippen molar-refractivity contribution in [3.8, 4) is 22.4 Å². The number of hydrogen-bond acceptors (Lipinski definition) is 5. The zero-order valence-corrected chi connectivity index (χ0v) is 16.4. The van der Waals surface area contributed by atoms with Crippen molar-refractivity contribution in [3.05, 3.63) is 54.2 Å². The minimum atomic E-state index is -3.45. The molecule has 2 heterocycles.